The van der Waals surface area contributed by atoms with Crippen LogP contribution < -0.4 is 10.4 Å². The van der Waals surface area contributed by atoms with Gasteiger partial charge < -0.3 is 4.74 Å². The lowest BCUT2D eigenvalue weighted by Crippen LogP contribution is -2.31. The average molecular weight is 325 g/mol. The number of hydrogen-bond donors (Lipinski definition) is 1. The molecule has 0 saturated carbocycles. The van der Waals surface area contributed by atoms with E-state index in [1.165, 1.54) is 21.3 Å². The molecule has 3 rings (SSSR count). The minimum Gasteiger partial charge on any atom is -0.377 e. The SMILES string of the molecule is Cn1c(=O)n(C)c2cc(S(=O)(=O)NC[C@H]3CCCO3)ccc21. The van der Waals surface area contributed by atoms with Gasteiger partial charge in [0.1, 0.15) is 0 Å². The summed E-state index contributed by atoms with van der Waals surface area (Å²) >= 11 is 0. The van der Waals surface area contributed by atoms with E-state index < -0.39 is 10.0 Å². The Morgan fingerprint density at radius 1 is 1.27 bits per heavy atom. The molecule has 1 saturated heterocycles. The van der Waals surface area contributed by atoms with Crippen LogP contribution in [0.5, 0.6) is 0 Å². The molecule has 0 unspecified atom stereocenters. The van der Waals surface area contributed by atoms with Crippen molar-refractivity contribution in [3.63, 3.8) is 0 Å². The van der Waals surface area contributed by atoms with E-state index in [-0.39, 0.29) is 23.2 Å². The third-order valence-corrected chi connectivity index (χ3v) is 5.50. The molecule has 1 fully saturated rings. The first-order chi connectivity index (χ1) is 10.4. The number of rotatable bonds is 4. The smallest absolute Gasteiger partial charge is 0.328 e. The Kier molecular flexibility index (Phi) is 3.84. The van der Waals surface area contributed by atoms with Crippen molar-refractivity contribution in [3.05, 3.63) is 28.7 Å². The number of benzene rings is 1. The highest BCUT2D eigenvalue weighted by Crippen LogP contribution is 2.18. The average Bonchev–Trinajstić information content (AvgIpc) is 3.09. The normalized spacial score (nSPS) is 19.1. The van der Waals surface area contributed by atoms with Crippen LogP contribution in [0.25, 0.3) is 11.0 Å². The van der Waals surface area contributed by atoms with Crippen LogP contribution in [-0.4, -0.2) is 36.8 Å². The van der Waals surface area contributed by atoms with Gasteiger partial charge in [-0.3, -0.25) is 9.13 Å². The van der Waals surface area contributed by atoms with Gasteiger partial charge in [-0.1, -0.05) is 0 Å². The summed E-state index contributed by atoms with van der Waals surface area (Å²) in [5.41, 5.74) is 1.11. The van der Waals surface area contributed by atoms with Crippen molar-refractivity contribution in [2.24, 2.45) is 14.1 Å². The van der Waals surface area contributed by atoms with E-state index >= 15 is 0 Å². The van der Waals surface area contributed by atoms with E-state index in [2.05, 4.69) is 4.72 Å². The van der Waals surface area contributed by atoms with Gasteiger partial charge in [0, 0.05) is 27.2 Å². The highest BCUT2D eigenvalue weighted by Gasteiger charge is 2.21. The van der Waals surface area contributed by atoms with Gasteiger partial charge in [-0.05, 0) is 31.0 Å². The van der Waals surface area contributed by atoms with E-state index in [4.69, 9.17) is 4.74 Å². The molecule has 1 aliphatic heterocycles. The molecule has 1 N–H and O–H groups in total. The summed E-state index contributed by atoms with van der Waals surface area (Å²) in [6.45, 7) is 0.957. The lowest BCUT2D eigenvalue weighted by atomic mass is 10.2. The summed E-state index contributed by atoms with van der Waals surface area (Å²) in [4.78, 5) is 12.0. The molecule has 22 heavy (non-hydrogen) atoms. The second-order valence-corrected chi connectivity index (χ2v) is 7.31. The number of nitrogens with one attached hydrogen (secondary N) is 1. The molecular formula is C14H19N3O4S. The van der Waals surface area contributed by atoms with Crippen molar-refractivity contribution in [1.82, 2.24) is 13.9 Å². The fourth-order valence-electron chi connectivity index (χ4n) is 2.75. The van der Waals surface area contributed by atoms with Gasteiger partial charge >= 0.3 is 5.69 Å². The van der Waals surface area contributed by atoms with E-state index in [1.54, 1.807) is 20.2 Å². The van der Waals surface area contributed by atoms with Crippen molar-refractivity contribution in [2.75, 3.05) is 13.2 Å². The number of aryl methyl sites for hydroxylation is 2. The highest BCUT2D eigenvalue weighted by molar-refractivity contribution is 7.89. The van der Waals surface area contributed by atoms with Crippen LogP contribution in [-0.2, 0) is 28.9 Å². The number of sulfonamides is 1. The fourth-order valence-corrected chi connectivity index (χ4v) is 3.83. The second-order valence-electron chi connectivity index (χ2n) is 5.54. The summed E-state index contributed by atoms with van der Waals surface area (Å²) in [5, 5.41) is 0. The molecule has 0 amide bonds. The Hall–Kier alpha value is -1.64. The standard InChI is InChI=1S/C14H19N3O4S/c1-16-12-6-5-11(8-13(12)17(2)14(16)18)22(19,20)15-9-10-4-3-7-21-10/h5-6,8,10,15H,3-4,7,9H2,1-2H3/t10-/m1/s1. The lowest BCUT2D eigenvalue weighted by molar-refractivity contribution is 0.114. The first-order valence-corrected chi connectivity index (χ1v) is 8.65. The molecule has 2 heterocycles. The molecule has 1 aromatic carbocycles. The summed E-state index contributed by atoms with van der Waals surface area (Å²) in [6.07, 6.45) is 1.78. The van der Waals surface area contributed by atoms with Gasteiger partial charge in [-0.25, -0.2) is 17.9 Å². The third kappa shape index (κ3) is 2.57. The second kappa shape index (κ2) is 5.53. The maximum atomic E-state index is 12.4. The maximum Gasteiger partial charge on any atom is 0.328 e. The van der Waals surface area contributed by atoms with Gasteiger partial charge in [-0.15, -0.1) is 0 Å². The van der Waals surface area contributed by atoms with E-state index in [0.717, 1.165) is 12.8 Å². The Bertz CT molecular complexity index is 860. The molecule has 1 aliphatic rings. The highest BCUT2D eigenvalue weighted by atomic mass is 32.2. The molecule has 120 valence electrons. The predicted octanol–water partition coefficient (Wildman–Crippen LogP) is 0.334. The van der Waals surface area contributed by atoms with Crippen LogP contribution in [0, 0.1) is 0 Å². The van der Waals surface area contributed by atoms with E-state index in [1.807, 2.05) is 0 Å². The number of nitrogens with zero attached hydrogens (tertiary/aromatic N) is 2. The summed E-state index contributed by atoms with van der Waals surface area (Å²) in [5.74, 6) is 0. The largest absolute Gasteiger partial charge is 0.377 e. The van der Waals surface area contributed by atoms with Crippen molar-refractivity contribution >= 4 is 21.1 Å². The van der Waals surface area contributed by atoms with Crippen molar-refractivity contribution in [1.29, 1.82) is 0 Å². The van der Waals surface area contributed by atoms with E-state index in [9.17, 15) is 13.2 Å². The Labute approximate surface area is 128 Å². The quantitative estimate of drug-likeness (QED) is 0.878. The van der Waals surface area contributed by atoms with Gasteiger partial charge in [0.05, 0.1) is 22.0 Å². The molecule has 8 heteroatoms. The third-order valence-electron chi connectivity index (χ3n) is 4.08. The van der Waals surface area contributed by atoms with Crippen LogP contribution in [0.4, 0.5) is 0 Å². The number of ether oxygens (including phenoxy) is 1. The first kappa shape index (κ1) is 15.3. The summed E-state index contributed by atoms with van der Waals surface area (Å²) in [6, 6.07) is 4.69. The molecule has 1 atom stereocenters. The monoisotopic (exact) mass is 325 g/mol. The number of fused-ring (bicyclic) bond motifs is 1. The Morgan fingerprint density at radius 3 is 2.68 bits per heavy atom. The molecule has 0 aliphatic carbocycles. The van der Waals surface area contributed by atoms with Gasteiger partial charge in [0.15, 0.2) is 0 Å². The van der Waals surface area contributed by atoms with Crippen LogP contribution in [0.15, 0.2) is 27.9 Å². The molecule has 1 aromatic heterocycles. The lowest BCUT2D eigenvalue weighted by Gasteiger charge is -2.11. The van der Waals surface area contributed by atoms with Crippen molar-refractivity contribution < 1.29 is 13.2 Å². The zero-order valence-corrected chi connectivity index (χ0v) is 13.4. The zero-order valence-electron chi connectivity index (χ0n) is 12.6. The summed E-state index contributed by atoms with van der Waals surface area (Å²) < 4.78 is 35.7. The number of aromatic nitrogens is 2. The zero-order chi connectivity index (χ0) is 15.9. The molecule has 0 bridgehead atoms. The molecule has 2 aromatic rings. The topological polar surface area (TPSA) is 82.3 Å². The van der Waals surface area contributed by atoms with E-state index in [0.29, 0.717) is 17.6 Å². The molecule has 0 spiro atoms. The van der Waals surface area contributed by atoms with Crippen LogP contribution >= 0.6 is 0 Å². The van der Waals surface area contributed by atoms with Crippen molar-refractivity contribution in [3.8, 4) is 0 Å². The predicted molar refractivity (Wildman–Crippen MR) is 82.3 cm³/mol. The Morgan fingerprint density at radius 2 is 2.00 bits per heavy atom. The number of imidazole rings is 1. The van der Waals surface area contributed by atoms with Gasteiger partial charge in [0.2, 0.25) is 10.0 Å². The molecular weight excluding hydrogens is 306 g/mol. The Balaban J connectivity index is 1.91. The van der Waals surface area contributed by atoms with Crippen LogP contribution in [0.1, 0.15) is 12.8 Å². The maximum absolute atomic E-state index is 12.4. The van der Waals surface area contributed by atoms with Gasteiger partial charge in [0.25, 0.3) is 0 Å². The first-order valence-electron chi connectivity index (χ1n) is 7.17. The summed E-state index contributed by atoms with van der Waals surface area (Å²) in [7, 11) is -0.327. The minimum absolute atomic E-state index is 0.0559. The number of hydrogen-bond acceptors (Lipinski definition) is 4. The molecule has 7 nitrogen and oxygen atoms in total. The van der Waals surface area contributed by atoms with Crippen LogP contribution in [0.2, 0.25) is 0 Å². The fraction of sp³-hybridized carbons (Fsp3) is 0.500. The van der Waals surface area contributed by atoms with Crippen LogP contribution in [0.3, 0.4) is 0 Å². The van der Waals surface area contributed by atoms with Crippen molar-refractivity contribution in [2.45, 2.75) is 23.8 Å². The van der Waals surface area contributed by atoms with Gasteiger partial charge in [-0.2, -0.15) is 0 Å². The minimum atomic E-state index is -3.61. The molecule has 0 radical (unpaired) electrons.